The zero-order valence-electron chi connectivity index (χ0n) is 20.0. The van der Waals surface area contributed by atoms with Gasteiger partial charge in [0.25, 0.3) is 11.7 Å². The van der Waals surface area contributed by atoms with Crippen molar-refractivity contribution in [2.24, 2.45) is 0 Å². The van der Waals surface area contributed by atoms with E-state index in [2.05, 4.69) is 0 Å². The van der Waals surface area contributed by atoms with Gasteiger partial charge in [0.05, 0.1) is 23.8 Å². The Labute approximate surface area is 211 Å². The van der Waals surface area contributed by atoms with Gasteiger partial charge in [-0.05, 0) is 73.0 Å². The van der Waals surface area contributed by atoms with E-state index in [9.17, 15) is 33.0 Å². The summed E-state index contributed by atoms with van der Waals surface area (Å²) >= 11 is 0. The van der Waals surface area contributed by atoms with Gasteiger partial charge in [-0.2, -0.15) is 13.2 Å². The zero-order chi connectivity index (χ0) is 26.9. The lowest BCUT2D eigenvalue weighted by Crippen LogP contribution is -2.29. The minimum Gasteiger partial charge on any atom is -0.508 e. The number of benzene rings is 3. The number of amides is 1. The molecule has 1 unspecified atom stereocenters. The van der Waals surface area contributed by atoms with Crippen LogP contribution in [0.5, 0.6) is 11.5 Å². The third-order valence-corrected chi connectivity index (χ3v) is 6.10. The van der Waals surface area contributed by atoms with E-state index in [4.69, 9.17) is 4.74 Å². The van der Waals surface area contributed by atoms with Gasteiger partial charge >= 0.3 is 6.18 Å². The zero-order valence-corrected chi connectivity index (χ0v) is 20.0. The second-order valence-electron chi connectivity index (χ2n) is 8.63. The summed E-state index contributed by atoms with van der Waals surface area (Å²) in [6.45, 7) is 3.73. The second-order valence-corrected chi connectivity index (χ2v) is 8.63. The van der Waals surface area contributed by atoms with Crippen molar-refractivity contribution in [3.05, 3.63) is 100 Å². The van der Waals surface area contributed by atoms with Gasteiger partial charge in [0.15, 0.2) is 0 Å². The molecule has 6 nitrogen and oxygen atoms in total. The van der Waals surface area contributed by atoms with Crippen molar-refractivity contribution < 1.29 is 37.7 Å². The van der Waals surface area contributed by atoms with Crippen LogP contribution in [0.15, 0.2) is 72.3 Å². The lowest BCUT2D eigenvalue weighted by Gasteiger charge is -2.26. The van der Waals surface area contributed by atoms with Crippen molar-refractivity contribution in [3.8, 4) is 11.5 Å². The van der Waals surface area contributed by atoms with Gasteiger partial charge in [0.2, 0.25) is 0 Å². The summed E-state index contributed by atoms with van der Waals surface area (Å²) in [6.07, 6.45) is -4.58. The number of carbonyl (C=O) groups is 2. The molecule has 1 fully saturated rings. The number of rotatable bonds is 6. The molecule has 1 atom stereocenters. The number of phenols is 1. The third kappa shape index (κ3) is 5.16. The summed E-state index contributed by atoms with van der Waals surface area (Å²) in [5.74, 6) is -1.80. The van der Waals surface area contributed by atoms with Crippen LogP contribution in [-0.4, -0.2) is 33.4 Å². The summed E-state index contributed by atoms with van der Waals surface area (Å²) in [6, 6.07) is 13.9. The molecule has 3 aromatic carbocycles. The van der Waals surface area contributed by atoms with E-state index < -0.39 is 35.2 Å². The summed E-state index contributed by atoms with van der Waals surface area (Å²) in [5.41, 5.74) is 0.455. The van der Waals surface area contributed by atoms with Gasteiger partial charge in [0, 0.05) is 12.1 Å². The maximum Gasteiger partial charge on any atom is 0.416 e. The number of hydrogen-bond donors (Lipinski definition) is 2. The fraction of sp³-hybridized carbons (Fsp3) is 0.214. The van der Waals surface area contributed by atoms with Gasteiger partial charge < -0.3 is 19.8 Å². The van der Waals surface area contributed by atoms with Gasteiger partial charge in [-0.1, -0.05) is 24.3 Å². The Kier molecular flexibility index (Phi) is 6.98. The van der Waals surface area contributed by atoms with E-state index >= 15 is 0 Å². The Morgan fingerprint density at radius 2 is 1.73 bits per heavy atom. The molecule has 1 aliphatic heterocycles. The standard InChI is InChI=1S/C28H24F3NO5/c1-3-37-22-12-9-19(13-16(22)2)25(34)23-24(18-7-10-21(33)11-8-18)32(27(36)26(23)35)15-17-5-4-6-20(14-17)28(29,30)31/h4-14,24,33-34H,3,15H2,1-2H3/b25-23+. The normalized spacial score (nSPS) is 17.3. The highest BCUT2D eigenvalue weighted by molar-refractivity contribution is 6.46. The Hall–Kier alpha value is -4.27. The molecule has 0 aliphatic carbocycles. The molecule has 1 heterocycles. The highest BCUT2D eigenvalue weighted by Gasteiger charge is 2.46. The summed E-state index contributed by atoms with van der Waals surface area (Å²) in [4.78, 5) is 27.4. The molecular weight excluding hydrogens is 487 g/mol. The molecule has 0 radical (unpaired) electrons. The van der Waals surface area contributed by atoms with E-state index in [1.165, 1.54) is 36.4 Å². The fourth-order valence-corrected chi connectivity index (χ4v) is 4.36. The predicted molar refractivity (Wildman–Crippen MR) is 130 cm³/mol. The number of aliphatic hydroxyl groups excluding tert-OH is 1. The topological polar surface area (TPSA) is 87.1 Å². The molecule has 1 aliphatic rings. The van der Waals surface area contributed by atoms with Crippen LogP contribution < -0.4 is 4.74 Å². The number of aromatic hydroxyl groups is 1. The lowest BCUT2D eigenvalue weighted by molar-refractivity contribution is -0.140. The van der Waals surface area contributed by atoms with Crippen LogP contribution in [0.25, 0.3) is 5.76 Å². The summed E-state index contributed by atoms with van der Waals surface area (Å²) in [7, 11) is 0. The highest BCUT2D eigenvalue weighted by Crippen LogP contribution is 2.41. The smallest absolute Gasteiger partial charge is 0.416 e. The van der Waals surface area contributed by atoms with Crippen molar-refractivity contribution in [1.82, 2.24) is 4.90 Å². The molecule has 192 valence electrons. The highest BCUT2D eigenvalue weighted by atomic mass is 19.4. The van der Waals surface area contributed by atoms with Crippen LogP contribution in [0.4, 0.5) is 13.2 Å². The van der Waals surface area contributed by atoms with Crippen LogP contribution in [-0.2, 0) is 22.3 Å². The van der Waals surface area contributed by atoms with Crippen molar-refractivity contribution in [1.29, 1.82) is 0 Å². The maximum atomic E-state index is 13.3. The van der Waals surface area contributed by atoms with Crippen molar-refractivity contribution in [2.75, 3.05) is 6.61 Å². The molecule has 37 heavy (non-hydrogen) atoms. The van der Waals surface area contributed by atoms with E-state index in [0.29, 0.717) is 23.5 Å². The Balaban J connectivity index is 1.83. The van der Waals surface area contributed by atoms with Gasteiger partial charge in [-0.15, -0.1) is 0 Å². The SMILES string of the molecule is CCOc1ccc(/C(O)=C2\C(=O)C(=O)N(Cc3cccc(C(F)(F)F)c3)C2c2ccc(O)cc2)cc1C. The molecule has 1 saturated heterocycles. The quantitative estimate of drug-likeness (QED) is 0.250. The number of hydrogen-bond acceptors (Lipinski definition) is 5. The number of halogens is 3. The van der Waals surface area contributed by atoms with Crippen LogP contribution in [0, 0.1) is 6.92 Å². The Morgan fingerprint density at radius 3 is 2.35 bits per heavy atom. The third-order valence-electron chi connectivity index (χ3n) is 6.10. The van der Waals surface area contributed by atoms with Crippen LogP contribution in [0.2, 0.25) is 0 Å². The summed E-state index contributed by atoms with van der Waals surface area (Å²) in [5, 5.41) is 21.0. The predicted octanol–water partition coefficient (Wildman–Crippen LogP) is 5.74. The van der Waals surface area contributed by atoms with Crippen molar-refractivity contribution in [3.63, 3.8) is 0 Å². The molecule has 9 heteroatoms. The number of aryl methyl sites for hydroxylation is 1. The minimum atomic E-state index is -4.58. The fourth-order valence-electron chi connectivity index (χ4n) is 4.36. The van der Waals surface area contributed by atoms with E-state index in [0.717, 1.165) is 17.0 Å². The number of ketones is 1. The number of Topliss-reactive ketones (excluding diaryl/α,β-unsaturated/α-hetero) is 1. The molecule has 0 bridgehead atoms. The lowest BCUT2D eigenvalue weighted by atomic mass is 9.94. The first kappa shape index (κ1) is 25.8. The first-order valence-corrected chi connectivity index (χ1v) is 11.5. The second kappa shape index (κ2) is 10.0. The molecule has 0 saturated carbocycles. The van der Waals surface area contributed by atoms with Crippen LogP contribution in [0.1, 0.15) is 40.8 Å². The maximum absolute atomic E-state index is 13.3. The van der Waals surface area contributed by atoms with Gasteiger partial charge in [0.1, 0.15) is 17.3 Å². The van der Waals surface area contributed by atoms with E-state index in [1.807, 2.05) is 6.92 Å². The number of likely N-dealkylation sites (tertiary alicyclic amines) is 1. The number of ether oxygens (including phenoxy) is 1. The molecule has 0 aromatic heterocycles. The van der Waals surface area contributed by atoms with E-state index in [-0.39, 0.29) is 29.0 Å². The number of aliphatic hydroxyl groups is 1. The largest absolute Gasteiger partial charge is 0.508 e. The molecule has 2 N–H and O–H groups in total. The first-order chi connectivity index (χ1) is 17.5. The van der Waals surface area contributed by atoms with Crippen molar-refractivity contribution >= 4 is 17.4 Å². The van der Waals surface area contributed by atoms with Crippen LogP contribution >= 0.6 is 0 Å². The average Bonchev–Trinajstić information content (AvgIpc) is 3.10. The Morgan fingerprint density at radius 1 is 1.03 bits per heavy atom. The first-order valence-electron chi connectivity index (χ1n) is 11.5. The van der Waals surface area contributed by atoms with E-state index in [1.54, 1.807) is 25.1 Å². The number of alkyl halides is 3. The summed E-state index contributed by atoms with van der Waals surface area (Å²) < 4.78 is 45.3. The van der Waals surface area contributed by atoms with Crippen molar-refractivity contribution in [2.45, 2.75) is 32.6 Å². The monoisotopic (exact) mass is 511 g/mol. The number of carbonyl (C=O) groups excluding carboxylic acids is 2. The Bertz CT molecular complexity index is 1380. The average molecular weight is 511 g/mol. The molecule has 4 rings (SSSR count). The van der Waals surface area contributed by atoms with Crippen LogP contribution in [0.3, 0.4) is 0 Å². The molecule has 0 spiro atoms. The molecule has 3 aromatic rings. The minimum absolute atomic E-state index is 0.0549. The van der Waals surface area contributed by atoms with Gasteiger partial charge in [-0.25, -0.2) is 0 Å². The molecule has 1 amide bonds. The number of nitrogens with zero attached hydrogens (tertiary/aromatic N) is 1. The van der Waals surface area contributed by atoms with Gasteiger partial charge in [-0.3, -0.25) is 9.59 Å². The number of phenolic OH excluding ortho intramolecular Hbond substituents is 1. The molecular formula is C28H24F3NO5.